The minimum absolute atomic E-state index is 0.0291. The van der Waals surface area contributed by atoms with Gasteiger partial charge in [-0.1, -0.05) is 28.5 Å². The summed E-state index contributed by atoms with van der Waals surface area (Å²) in [6.45, 7) is 3.16. The molecule has 0 aliphatic heterocycles. The molecule has 1 heterocycles. The van der Waals surface area contributed by atoms with Crippen LogP contribution in [-0.2, 0) is 32.0 Å². The molecule has 0 N–H and O–H groups in total. The summed E-state index contributed by atoms with van der Waals surface area (Å²) in [7, 11) is 2.50. The standard InChI is InChI=1S/C19H19F3N4O4/c1-11-6-5-7-13(17(26-29-4)18(27)28-3)14(11)9-30-25-12(2)15-8-16(19(20,21)22)24-10-23-15/h5-8,10H,9H2,1-4H3/b25-12+,26-17+. The number of alkyl halides is 3. The zero-order chi connectivity index (χ0) is 22.3. The molecule has 0 saturated carbocycles. The van der Waals surface area contributed by atoms with Gasteiger partial charge in [0.1, 0.15) is 31.4 Å². The van der Waals surface area contributed by atoms with E-state index in [1.807, 2.05) is 0 Å². The van der Waals surface area contributed by atoms with Gasteiger partial charge in [0, 0.05) is 11.1 Å². The van der Waals surface area contributed by atoms with Crippen LogP contribution in [0.15, 0.2) is 40.9 Å². The molecular formula is C19H19F3N4O4. The summed E-state index contributed by atoms with van der Waals surface area (Å²) in [5, 5.41) is 7.55. The molecule has 0 saturated heterocycles. The summed E-state index contributed by atoms with van der Waals surface area (Å²) in [6.07, 6.45) is -3.79. The molecule has 0 amide bonds. The molecule has 2 aromatic rings. The molecular weight excluding hydrogens is 405 g/mol. The highest BCUT2D eigenvalue weighted by atomic mass is 19.4. The Balaban J connectivity index is 2.28. The summed E-state index contributed by atoms with van der Waals surface area (Å²) < 4.78 is 43.1. The second-order valence-corrected chi connectivity index (χ2v) is 5.95. The molecule has 160 valence electrons. The fourth-order valence-corrected chi connectivity index (χ4v) is 2.45. The second kappa shape index (κ2) is 9.81. The third-order valence-corrected chi connectivity index (χ3v) is 3.97. The maximum atomic E-state index is 12.8. The van der Waals surface area contributed by atoms with Crippen LogP contribution in [0.1, 0.15) is 35.0 Å². The number of benzene rings is 1. The number of carbonyl (C=O) groups is 1. The summed E-state index contributed by atoms with van der Waals surface area (Å²) in [5.41, 5.74) is 0.715. The number of methoxy groups -OCH3 is 1. The van der Waals surface area contributed by atoms with Gasteiger partial charge in [0.15, 0.2) is 5.71 Å². The molecule has 0 atom stereocenters. The molecule has 0 fully saturated rings. The molecule has 0 aliphatic rings. The molecule has 0 bridgehead atoms. The maximum absolute atomic E-state index is 12.8. The Labute approximate surface area is 170 Å². The molecule has 0 aliphatic carbocycles. The van der Waals surface area contributed by atoms with Crippen molar-refractivity contribution in [2.45, 2.75) is 26.6 Å². The number of aromatic nitrogens is 2. The molecule has 1 aromatic carbocycles. The smallest absolute Gasteiger partial charge is 0.433 e. The summed E-state index contributed by atoms with van der Waals surface area (Å²) >= 11 is 0. The topological polar surface area (TPSA) is 95.3 Å². The molecule has 2 rings (SSSR count). The number of aryl methyl sites for hydroxylation is 1. The Morgan fingerprint density at radius 1 is 1.17 bits per heavy atom. The molecule has 0 unspecified atom stereocenters. The maximum Gasteiger partial charge on any atom is 0.433 e. The molecule has 8 nitrogen and oxygen atoms in total. The van der Waals surface area contributed by atoms with Crippen LogP contribution in [0.5, 0.6) is 0 Å². The third kappa shape index (κ3) is 5.52. The van der Waals surface area contributed by atoms with Crippen molar-refractivity contribution in [3.05, 3.63) is 58.7 Å². The van der Waals surface area contributed by atoms with Crippen LogP contribution in [0.4, 0.5) is 13.2 Å². The van der Waals surface area contributed by atoms with E-state index in [4.69, 9.17) is 14.4 Å². The van der Waals surface area contributed by atoms with Crippen molar-refractivity contribution in [1.82, 2.24) is 9.97 Å². The first-order valence-electron chi connectivity index (χ1n) is 8.53. The second-order valence-electron chi connectivity index (χ2n) is 5.95. The SMILES string of the molecule is CO/N=C(/C(=O)OC)c1cccc(C)c1CO/N=C(\C)c1cc(C(F)(F)F)ncn1. The van der Waals surface area contributed by atoms with Gasteiger partial charge in [-0.05, 0) is 25.5 Å². The monoisotopic (exact) mass is 424 g/mol. The first-order chi connectivity index (χ1) is 14.2. The van der Waals surface area contributed by atoms with Crippen molar-refractivity contribution in [2.75, 3.05) is 14.2 Å². The highest BCUT2D eigenvalue weighted by Crippen LogP contribution is 2.27. The molecule has 30 heavy (non-hydrogen) atoms. The highest BCUT2D eigenvalue weighted by Gasteiger charge is 2.33. The lowest BCUT2D eigenvalue weighted by molar-refractivity contribution is -0.141. The van der Waals surface area contributed by atoms with Gasteiger partial charge < -0.3 is 14.4 Å². The van der Waals surface area contributed by atoms with Crippen LogP contribution in [-0.4, -0.2) is 41.6 Å². The number of hydrogen-bond acceptors (Lipinski definition) is 8. The lowest BCUT2D eigenvalue weighted by Crippen LogP contribution is -2.20. The molecule has 0 spiro atoms. The van der Waals surface area contributed by atoms with Gasteiger partial charge in [0.05, 0.1) is 12.8 Å². The van der Waals surface area contributed by atoms with Crippen molar-refractivity contribution in [3.63, 3.8) is 0 Å². The van der Waals surface area contributed by atoms with E-state index in [0.29, 0.717) is 11.1 Å². The quantitative estimate of drug-likeness (QED) is 0.385. The predicted molar refractivity (Wildman–Crippen MR) is 101 cm³/mol. The van der Waals surface area contributed by atoms with Crippen molar-refractivity contribution in [1.29, 1.82) is 0 Å². The van der Waals surface area contributed by atoms with Crippen molar-refractivity contribution >= 4 is 17.4 Å². The largest absolute Gasteiger partial charge is 0.464 e. The van der Waals surface area contributed by atoms with E-state index in [1.54, 1.807) is 25.1 Å². The number of carbonyl (C=O) groups excluding carboxylic acids is 1. The first kappa shape index (κ1) is 22.8. The van der Waals surface area contributed by atoms with Crippen molar-refractivity contribution in [3.8, 4) is 0 Å². The predicted octanol–water partition coefficient (Wildman–Crippen LogP) is 3.27. The van der Waals surface area contributed by atoms with Crippen LogP contribution < -0.4 is 0 Å². The number of hydrogen-bond donors (Lipinski definition) is 0. The molecule has 1 aromatic heterocycles. The highest BCUT2D eigenvalue weighted by molar-refractivity contribution is 6.43. The minimum Gasteiger partial charge on any atom is -0.464 e. The molecule has 11 heteroatoms. The Morgan fingerprint density at radius 2 is 1.90 bits per heavy atom. The lowest BCUT2D eigenvalue weighted by Gasteiger charge is -2.12. The number of halogens is 3. The van der Waals surface area contributed by atoms with Crippen molar-refractivity contribution in [2.24, 2.45) is 10.3 Å². The van der Waals surface area contributed by atoms with Gasteiger partial charge >= 0.3 is 12.1 Å². The van der Waals surface area contributed by atoms with E-state index < -0.39 is 17.8 Å². The van der Waals surface area contributed by atoms with Gasteiger partial charge in [0.2, 0.25) is 0 Å². The van der Waals surface area contributed by atoms with Crippen LogP contribution in [0.2, 0.25) is 0 Å². The number of rotatable bonds is 7. The summed E-state index contributed by atoms with van der Waals surface area (Å²) in [6, 6.07) is 5.93. The third-order valence-electron chi connectivity index (χ3n) is 3.97. The van der Waals surface area contributed by atoms with E-state index in [-0.39, 0.29) is 23.7 Å². The van der Waals surface area contributed by atoms with Crippen LogP contribution >= 0.6 is 0 Å². The Bertz CT molecular complexity index is 974. The Kier molecular flexibility index (Phi) is 7.45. The van der Waals surface area contributed by atoms with Crippen LogP contribution in [0, 0.1) is 6.92 Å². The zero-order valence-corrected chi connectivity index (χ0v) is 16.6. The fourth-order valence-electron chi connectivity index (χ4n) is 2.45. The van der Waals surface area contributed by atoms with Gasteiger partial charge in [-0.2, -0.15) is 13.2 Å². The van der Waals surface area contributed by atoms with E-state index in [2.05, 4.69) is 20.3 Å². The van der Waals surface area contributed by atoms with Crippen molar-refractivity contribution < 1.29 is 32.4 Å². The number of oxime groups is 2. The zero-order valence-electron chi connectivity index (χ0n) is 16.6. The average Bonchev–Trinajstić information content (AvgIpc) is 2.72. The van der Waals surface area contributed by atoms with E-state index in [9.17, 15) is 18.0 Å². The Hall–Kier alpha value is -3.50. The molecule has 0 radical (unpaired) electrons. The number of ether oxygens (including phenoxy) is 1. The van der Waals surface area contributed by atoms with Gasteiger partial charge in [-0.25, -0.2) is 14.8 Å². The number of esters is 1. The van der Waals surface area contributed by atoms with Gasteiger partial charge in [0.25, 0.3) is 0 Å². The lowest BCUT2D eigenvalue weighted by atomic mass is 9.99. The van der Waals surface area contributed by atoms with Crippen LogP contribution in [0.25, 0.3) is 0 Å². The normalized spacial score (nSPS) is 12.5. The summed E-state index contributed by atoms with van der Waals surface area (Å²) in [5.74, 6) is -0.705. The summed E-state index contributed by atoms with van der Waals surface area (Å²) in [4.78, 5) is 29.1. The van der Waals surface area contributed by atoms with Gasteiger partial charge in [-0.15, -0.1) is 0 Å². The minimum atomic E-state index is -4.60. The number of nitrogens with zero attached hydrogens (tertiary/aromatic N) is 4. The fraction of sp³-hybridized carbons (Fsp3) is 0.316. The first-order valence-corrected chi connectivity index (χ1v) is 8.53. The van der Waals surface area contributed by atoms with E-state index in [1.165, 1.54) is 21.1 Å². The Morgan fingerprint density at radius 3 is 2.53 bits per heavy atom. The van der Waals surface area contributed by atoms with E-state index in [0.717, 1.165) is 18.0 Å². The van der Waals surface area contributed by atoms with E-state index >= 15 is 0 Å². The van der Waals surface area contributed by atoms with Crippen LogP contribution in [0.3, 0.4) is 0 Å². The average molecular weight is 424 g/mol. The van der Waals surface area contributed by atoms with Gasteiger partial charge in [-0.3, -0.25) is 0 Å².